The summed E-state index contributed by atoms with van der Waals surface area (Å²) in [7, 11) is 0. The van der Waals surface area contributed by atoms with Gasteiger partial charge in [0, 0.05) is 60.8 Å². The van der Waals surface area contributed by atoms with Crippen LogP contribution in [-0.4, -0.2) is 38.7 Å². The summed E-state index contributed by atoms with van der Waals surface area (Å²) in [6, 6.07) is 11.2. The number of hydrogen-bond donors (Lipinski definition) is 3. The van der Waals surface area contributed by atoms with E-state index in [-0.39, 0.29) is 23.4 Å². The molecule has 8 heteroatoms. The van der Waals surface area contributed by atoms with Crippen LogP contribution in [0.15, 0.2) is 47.4 Å². The zero-order chi connectivity index (χ0) is 20.8. The Morgan fingerprint density at radius 1 is 1.20 bits per heavy atom. The summed E-state index contributed by atoms with van der Waals surface area (Å²) in [4.78, 5) is 30.7. The van der Waals surface area contributed by atoms with E-state index < -0.39 is 10.8 Å². The molecular weight excluding hydrogens is 384 g/mol. The molecule has 2 aliphatic rings. The number of pyridine rings is 1. The van der Waals surface area contributed by atoms with Gasteiger partial charge in [-0.25, -0.2) is 5.21 Å². The van der Waals surface area contributed by atoms with Crippen LogP contribution in [0.2, 0.25) is 0 Å². The number of carbonyl (C=O) groups excluding carboxylic acids is 1. The summed E-state index contributed by atoms with van der Waals surface area (Å²) in [5, 5.41) is 20.5. The van der Waals surface area contributed by atoms with Gasteiger partial charge >= 0.3 is 5.56 Å². The van der Waals surface area contributed by atoms with E-state index in [1.165, 1.54) is 6.07 Å². The van der Waals surface area contributed by atoms with Gasteiger partial charge in [-0.3, -0.25) is 9.59 Å². The lowest BCUT2D eigenvalue weighted by Gasteiger charge is -2.43. The SMILES string of the molecule is O=C(CCc1c[nH]c2ccccc12)N1C[C@H]2C[C@H](C1)c1ccc([NH+]([O-])O)c(=O)n1C2. The van der Waals surface area contributed by atoms with Crippen LogP contribution >= 0.6 is 0 Å². The fraction of sp³-hybridized carbons (Fsp3) is 0.364. The van der Waals surface area contributed by atoms with Crippen LogP contribution in [0.5, 0.6) is 0 Å². The topological polar surface area (TPSA) is 106 Å². The molecule has 2 aromatic heterocycles. The lowest BCUT2D eigenvalue weighted by atomic mass is 9.83. The van der Waals surface area contributed by atoms with Gasteiger partial charge in [0.25, 0.3) is 0 Å². The molecular formula is C22H24N4O4. The molecule has 3 N–H and O–H groups in total. The molecule has 0 radical (unpaired) electrons. The van der Waals surface area contributed by atoms with Crippen molar-refractivity contribution < 1.29 is 15.2 Å². The molecule has 1 aromatic carbocycles. The van der Waals surface area contributed by atoms with Crippen molar-refractivity contribution in [1.82, 2.24) is 14.5 Å². The smallest absolute Gasteiger partial charge is 0.315 e. The Labute approximate surface area is 172 Å². The van der Waals surface area contributed by atoms with Crippen LogP contribution in [0.25, 0.3) is 10.9 Å². The van der Waals surface area contributed by atoms with Gasteiger partial charge < -0.3 is 19.7 Å². The summed E-state index contributed by atoms with van der Waals surface area (Å²) in [5.74, 6) is 0.382. The number of amides is 1. The minimum absolute atomic E-state index is 0.0742. The number of hydrogen-bond acceptors (Lipinski definition) is 4. The first kappa shape index (κ1) is 19.0. The van der Waals surface area contributed by atoms with Crippen LogP contribution in [0.3, 0.4) is 0 Å². The molecule has 4 heterocycles. The fourth-order valence-corrected chi connectivity index (χ4v) is 5.05. The largest absolute Gasteiger partial charge is 0.595 e. The molecule has 3 aromatic rings. The van der Waals surface area contributed by atoms with Crippen LogP contribution in [0, 0.1) is 11.1 Å². The number of benzene rings is 1. The lowest BCUT2D eigenvalue weighted by Crippen LogP contribution is -3.00. The number of likely N-dealkylation sites (tertiary alicyclic amines) is 1. The van der Waals surface area contributed by atoms with Gasteiger partial charge in [-0.2, -0.15) is 5.23 Å². The van der Waals surface area contributed by atoms with Gasteiger partial charge in [0.1, 0.15) is 0 Å². The first-order valence-electron chi connectivity index (χ1n) is 10.3. The molecule has 1 unspecified atom stereocenters. The second kappa shape index (κ2) is 7.39. The van der Waals surface area contributed by atoms with Gasteiger partial charge in [-0.05, 0) is 36.5 Å². The summed E-state index contributed by atoms with van der Waals surface area (Å²) in [5.41, 5.74) is 2.44. The maximum Gasteiger partial charge on any atom is 0.315 e. The van der Waals surface area contributed by atoms with Gasteiger partial charge in [-0.15, -0.1) is 0 Å². The van der Waals surface area contributed by atoms with E-state index in [0.29, 0.717) is 32.5 Å². The molecule has 8 nitrogen and oxygen atoms in total. The second-order valence-corrected chi connectivity index (χ2v) is 8.35. The summed E-state index contributed by atoms with van der Waals surface area (Å²) in [6.07, 6.45) is 4.04. The monoisotopic (exact) mass is 408 g/mol. The highest BCUT2D eigenvalue weighted by Crippen LogP contribution is 2.35. The molecule has 0 saturated carbocycles. The molecule has 0 aliphatic carbocycles. The van der Waals surface area contributed by atoms with Crippen molar-refractivity contribution in [2.24, 2.45) is 5.92 Å². The van der Waals surface area contributed by atoms with E-state index in [2.05, 4.69) is 11.1 Å². The Morgan fingerprint density at radius 2 is 2.03 bits per heavy atom. The number of piperidine rings is 1. The summed E-state index contributed by atoms with van der Waals surface area (Å²) in [6.45, 7) is 1.67. The van der Waals surface area contributed by atoms with E-state index in [4.69, 9.17) is 0 Å². The zero-order valence-electron chi connectivity index (χ0n) is 16.5. The number of aromatic nitrogens is 2. The zero-order valence-corrected chi connectivity index (χ0v) is 16.5. The predicted molar refractivity (Wildman–Crippen MR) is 111 cm³/mol. The van der Waals surface area contributed by atoms with Crippen LogP contribution in [-0.2, 0) is 17.8 Å². The number of carbonyl (C=O) groups is 1. The van der Waals surface area contributed by atoms with Gasteiger partial charge in [0.15, 0.2) is 0 Å². The van der Waals surface area contributed by atoms with Gasteiger partial charge in [0.2, 0.25) is 11.6 Å². The first-order valence-corrected chi connectivity index (χ1v) is 10.3. The molecule has 1 saturated heterocycles. The first-order chi connectivity index (χ1) is 14.5. The molecule has 2 bridgehead atoms. The number of para-hydroxylation sites is 1. The van der Waals surface area contributed by atoms with Crippen LogP contribution < -0.4 is 10.8 Å². The average molecular weight is 408 g/mol. The molecule has 1 amide bonds. The average Bonchev–Trinajstić information content (AvgIpc) is 3.15. The molecule has 156 valence electrons. The standard InChI is InChI=1S/C22H24N4O4/c27-21(8-5-15-10-23-18-4-2-1-3-17(15)18)24-11-14-9-16(13-24)19-6-7-20(26(29)30)22(28)25(19)12-14/h1-4,6-7,10,14,16,23,26,29H,5,8-9,11-13H2/t14-,16-/m1/s1. The third kappa shape index (κ3) is 3.23. The number of rotatable bonds is 4. The maximum absolute atomic E-state index is 13.0. The number of nitrogens with zero attached hydrogens (tertiary/aromatic N) is 2. The Kier molecular flexibility index (Phi) is 4.69. The van der Waals surface area contributed by atoms with Crippen molar-refractivity contribution >= 4 is 22.5 Å². The minimum Gasteiger partial charge on any atom is -0.595 e. The Bertz CT molecular complexity index is 1170. The van der Waals surface area contributed by atoms with Crippen molar-refractivity contribution in [1.29, 1.82) is 0 Å². The third-order valence-electron chi connectivity index (χ3n) is 6.47. The van der Waals surface area contributed by atoms with E-state index >= 15 is 0 Å². The number of aryl methyl sites for hydroxylation is 1. The van der Waals surface area contributed by atoms with E-state index in [1.54, 1.807) is 10.6 Å². The van der Waals surface area contributed by atoms with Crippen LogP contribution in [0.4, 0.5) is 5.69 Å². The van der Waals surface area contributed by atoms with E-state index in [9.17, 15) is 20.0 Å². The fourth-order valence-electron chi connectivity index (χ4n) is 5.05. The Balaban J connectivity index is 1.31. The Morgan fingerprint density at radius 3 is 2.87 bits per heavy atom. The molecule has 2 aliphatic heterocycles. The Hall–Kier alpha value is -2.94. The molecule has 0 spiro atoms. The van der Waals surface area contributed by atoms with Crippen molar-refractivity contribution in [2.45, 2.75) is 31.7 Å². The van der Waals surface area contributed by atoms with Gasteiger partial charge in [-0.1, -0.05) is 18.2 Å². The number of aromatic amines is 1. The maximum atomic E-state index is 13.0. The molecule has 5 rings (SSSR count). The highest BCUT2D eigenvalue weighted by molar-refractivity contribution is 5.84. The van der Waals surface area contributed by atoms with Gasteiger partial charge in [0.05, 0.1) is 0 Å². The molecule has 1 fully saturated rings. The third-order valence-corrected chi connectivity index (χ3v) is 6.47. The number of nitrogens with one attached hydrogen (secondary N) is 2. The second-order valence-electron chi connectivity index (χ2n) is 8.35. The van der Waals surface area contributed by atoms with E-state index in [1.807, 2.05) is 29.3 Å². The van der Waals surface area contributed by atoms with Crippen molar-refractivity contribution in [2.75, 3.05) is 13.1 Å². The minimum atomic E-state index is -1.19. The quantitative estimate of drug-likeness (QED) is 0.566. The highest BCUT2D eigenvalue weighted by atomic mass is 16.8. The molecule has 3 atom stereocenters. The van der Waals surface area contributed by atoms with Crippen molar-refractivity contribution in [3.63, 3.8) is 0 Å². The van der Waals surface area contributed by atoms with Crippen molar-refractivity contribution in [3.05, 3.63) is 69.4 Å². The number of H-pyrrole nitrogens is 1. The number of quaternary nitrogens is 1. The normalized spacial score (nSPS) is 21.5. The molecule has 30 heavy (non-hydrogen) atoms. The van der Waals surface area contributed by atoms with Crippen molar-refractivity contribution in [3.8, 4) is 0 Å². The van der Waals surface area contributed by atoms with Crippen LogP contribution in [0.1, 0.15) is 30.0 Å². The highest BCUT2D eigenvalue weighted by Gasteiger charge is 2.37. The predicted octanol–water partition coefficient (Wildman–Crippen LogP) is 1.31. The summed E-state index contributed by atoms with van der Waals surface area (Å²) >= 11 is 0. The summed E-state index contributed by atoms with van der Waals surface area (Å²) < 4.78 is 1.61. The lowest BCUT2D eigenvalue weighted by molar-refractivity contribution is -0.992. The van der Waals surface area contributed by atoms with E-state index in [0.717, 1.165) is 28.6 Å². The number of fused-ring (bicyclic) bond motifs is 5.